The molecule has 0 atom stereocenters. The highest BCUT2D eigenvalue weighted by Crippen LogP contribution is 2.18. The molecular weight excluding hydrogens is 186 g/mol. The molecule has 2 N–H and O–H groups in total. The van der Waals surface area contributed by atoms with Crippen LogP contribution in [0.25, 0.3) is 10.9 Å². The molecule has 0 saturated heterocycles. The molecule has 0 radical (unpaired) electrons. The van der Waals surface area contributed by atoms with Gasteiger partial charge in [-0.3, -0.25) is 4.68 Å². The summed E-state index contributed by atoms with van der Waals surface area (Å²) in [5.41, 5.74) is 6.96. The molecule has 0 aliphatic heterocycles. The Bertz CT molecular complexity index is 380. The molecule has 1 aromatic carbocycles. The van der Waals surface area contributed by atoms with E-state index in [4.69, 9.17) is 0 Å². The molecule has 2 rings (SSSR count). The van der Waals surface area contributed by atoms with Crippen LogP contribution in [0.1, 0.15) is 19.5 Å². The lowest BCUT2D eigenvalue weighted by Crippen LogP contribution is -1.96. The second kappa shape index (κ2) is 5.51. The Balaban J connectivity index is 0.000000531. The smallest absolute Gasteiger partial charge is 0.0700 e. The van der Waals surface area contributed by atoms with Gasteiger partial charge in [0.15, 0.2) is 0 Å². The van der Waals surface area contributed by atoms with Gasteiger partial charge in [0.05, 0.1) is 11.2 Å². The van der Waals surface area contributed by atoms with Gasteiger partial charge in [-0.25, -0.2) is 0 Å². The standard InChI is InChI=1S/C11H14N2.CH5N/c1-3-10-9-7-5-6-8-11(9)13(4-2)12-10;1-2/h5-8H,3-4H2,1-2H3;2H2,1H3. The lowest BCUT2D eigenvalue weighted by atomic mass is 10.2. The van der Waals surface area contributed by atoms with Crippen molar-refractivity contribution in [3.8, 4) is 0 Å². The minimum Gasteiger partial charge on any atom is -0.333 e. The predicted molar refractivity (Wildman–Crippen MR) is 64.9 cm³/mol. The molecule has 0 unspecified atom stereocenters. The average molecular weight is 205 g/mol. The van der Waals surface area contributed by atoms with Crippen LogP contribution in [0.4, 0.5) is 0 Å². The van der Waals surface area contributed by atoms with E-state index in [1.165, 1.54) is 23.6 Å². The van der Waals surface area contributed by atoms with Crippen LogP contribution in [0.3, 0.4) is 0 Å². The van der Waals surface area contributed by atoms with Crippen LogP contribution < -0.4 is 5.73 Å². The lowest BCUT2D eigenvalue weighted by Gasteiger charge is -1.95. The zero-order chi connectivity index (χ0) is 11.3. The topological polar surface area (TPSA) is 43.8 Å². The summed E-state index contributed by atoms with van der Waals surface area (Å²) in [5.74, 6) is 0. The molecule has 0 aliphatic carbocycles. The number of rotatable bonds is 2. The number of hydrogen-bond donors (Lipinski definition) is 1. The second-order valence-electron chi connectivity index (χ2n) is 3.13. The zero-order valence-electron chi connectivity index (χ0n) is 9.70. The van der Waals surface area contributed by atoms with E-state index < -0.39 is 0 Å². The Morgan fingerprint density at radius 2 is 1.87 bits per heavy atom. The first-order valence-electron chi connectivity index (χ1n) is 5.39. The van der Waals surface area contributed by atoms with Gasteiger partial charge in [-0.2, -0.15) is 5.10 Å². The first kappa shape index (κ1) is 11.7. The van der Waals surface area contributed by atoms with Crippen molar-refractivity contribution in [1.82, 2.24) is 9.78 Å². The summed E-state index contributed by atoms with van der Waals surface area (Å²) in [6.07, 6.45) is 1.01. The molecule has 1 heterocycles. The van der Waals surface area contributed by atoms with Gasteiger partial charge < -0.3 is 5.73 Å². The summed E-state index contributed by atoms with van der Waals surface area (Å²) in [4.78, 5) is 0. The summed E-state index contributed by atoms with van der Waals surface area (Å²) in [7, 11) is 1.50. The number of hydrogen-bond acceptors (Lipinski definition) is 2. The van der Waals surface area contributed by atoms with E-state index in [0.29, 0.717) is 0 Å². The summed E-state index contributed by atoms with van der Waals surface area (Å²) in [5, 5.41) is 5.84. The fourth-order valence-electron chi connectivity index (χ4n) is 1.70. The molecule has 0 fully saturated rings. The van der Waals surface area contributed by atoms with Crippen molar-refractivity contribution in [3.05, 3.63) is 30.0 Å². The molecule has 1 aromatic heterocycles. The molecule has 2 aromatic rings. The summed E-state index contributed by atoms with van der Waals surface area (Å²) in [6.45, 7) is 5.22. The van der Waals surface area contributed by atoms with E-state index in [2.05, 4.69) is 53.6 Å². The van der Waals surface area contributed by atoms with Crippen molar-refractivity contribution in [2.75, 3.05) is 7.05 Å². The van der Waals surface area contributed by atoms with E-state index in [1.807, 2.05) is 0 Å². The molecule has 82 valence electrons. The van der Waals surface area contributed by atoms with Gasteiger partial charge in [0.1, 0.15) is 0 Å². The third kappa shape index (κ3) is 2.18. The number of benzene rings is 1. The third-order valence-corrected chi connectivity index (χ3v) is 2.37. The van der Waals surface area contributed by atoms with Crippen LogP contribution in [-0.2, 0) is 13.0 Å². The van der Waals surface area contributed by atoms with E-state index >= 15 is 0 Å². The fourth-order valence-corrected chi connectivity index (χ4v) is 1.70. The molecule has 15 heavy (non-hydrogen) atoms. The van der Waals surface area contributed by atoms with Crippen LogP contribution in [0, 0.1) is 0 Å². The average Bonchev–Trinajstić information content (AvgIpc) is 2.70. The SMILES string of the molecule is CCc1nn(CC)c2ccccc12.CN. The van der Waals surface area contributed by atoms with Crippen LogP contribution in [0.15, 0.2) is 24.3 Å². The summed E-state index contributed by atoms with van der Waals surface area (Å²) >= 11 is 0. The Hall–Kier alpha value is -1.35. The maximum Gasteiger partial charge on any atom is 0.0700 e. The molecule has 0 aliphatic rings. The molecule has 3 nitrogen and oxygen atoms in total. The van der Waals surface area contributed by atoms with Gasteiger partial charge in [0, 0.05) is 11.9 Å². The highest BCUT2D eigenvalue weighted by atomic mass is 15.3. The normalized spacial score (nSPS) is 9.87. The fraction of sp³-hybridized carbons (Fsp3) is 0.417. The van der Waals surface area contributed by atoms with Gasteiger partial charge in [0.2, 0.25) is 0 Å². The number of nitrogens with two attached hydrogens (primary N) is 1. The monoisotopic (exact) mass is 205 g/mol. The Morgan fingerprint density at radius 1 is 1.20 bits per heavy atom. The Labute approximate surface area is 90.9 Å². The van der Waals surface area contributed by atoms with Crippen LogP contribution >= 0.6 is 0 Å². The number of aromatic nitrogens is 2. The number of nitrogens with zero attached hydrogens (tertiary/aromatic N) is 2. The van der Waals surface area contributed by atoms with E-state index in [9.17, 15) is 0 Å². The maximum atomic E-state index is 4.54. The third-order valence-electron chi connectivity index (χ3n) is 2.37. The Kier molecular flexibility index (Phi) is 4.31. The molecule has 3 heteroatoms. The number of aryl methyl sites for hydroxylation is 2. The molecule has 0 amide bonds. The molecule has 0 saturated carbocycles. The highest BCUT2D eigenvalue weighted by molar-refractivity contribution is 5.81. The van der Waals surface area contributed by atoms with Gasteiger partial charge in [-0.15, -0.1) is 0 Å². The minimum atomic E-state index is 0.945. The number of fused-ring (bicyclic) bond motifs is 1. The summed E-state index contributed by atoms with van der Waals surface area (Å²) < 4.78 is 2.06. The van der Waals surface area contributed by atoms with E-state index in [-0.39, 0.29) is 0 Å². The number of para-hydroxylation sites is 1. The van der Waals surface area contributed by atoms with Crippen molar-refractivity contribution >= 4 is 10.9 Å². The molecule has 0 bridgehead atoms. The first-order valence-corrected chi connectivity index (χ1v) is 5.39. The van der Waals surface area contributed by atoms with Crippen molar-refractivity contribution < 1.29 is 0 Å². The van der Waals surface area contributed by atoms with Gasteiger partial charge in [-0.1, -0.05) is 25.1 Å². The Morgan fingerprint density at radius 3 is 2.47 bits per heavy atom. The predicted octanol–water partition coefficient (Wildman–Crippen LogP) is 2.19. The van der Waals surface area contributed by atoms with Gasteiger partial charge >= 0.3 is 0 Å². The van der Waals surface area contributed by atoms with Crippen LogP contribution in [0.5, 0.6) is 0 Å². The van der Waals surface area contributed by atoms with Crippen molar-refractivity contribution in [2.24, 2.45) is 5.73 Å². The molecular formula is C12H19N3. The molecule has 0 spiro atoms. The quantitative estimate of drug-likeness (QED) is 0.816. The minimum absolute atomic E-state index is 0.945. The van der Waals surface area contributed by atoms with Gasteiger partial charge in [-0.05, 0) is 26.5 Å². The van der Waals surface area contributed by atoms with E-state index in [0.717, 1.165) is 13.0 Å². The maximum absolute atomic E-state index is 4.54. The van der Waals surface area contributed by atoms with E-state index in [1.54, 1.807) is 0 Å². The first-order chi connectivity index (χ1) is 7.36. The summed E-state index contributed by atoms with van der Waals surface area (Å²) in [6, 6.07) is 8.41. The van der Waals surface area contributed by atoms with Crippen molar-refractivity contribution in [3.63, 3.8) is 0 Å². The largest absolute Gasteiger partial charge is 0.333 e. The highest BCUT2D eigenvalue weighted by Gasteiger charge is 2.05. The second-order valence-corrected chi connectivity index (χ2v) is 3.13. The van der Waals surface area contributed by atoms with Crippen molar-refractivity contribution in [2.45, 2.75) is 26.8 Å². The van der Waals surface area contributed by atoms with Crippen molar-refractivity contribution in [1.29, 1.82) is 0 Å². The lowest BCUT2D eigenvalue weighted by molar-refractivity contribution is 0.670. The van der Waals surface area contributed by atoms with Gasteiger partial charge in [0.25, 0.3) is 0 Å². The van der Waals surface area contributed by atoms with Crippen LogP contribution in [-0.4, -0.2) is 16.8 Å². The van der Waals surface area contributed by atoms with Crippen LogP contribution in [0.2, 0.25) is 0 Å². The zero-order valence-corrected chi connectivity index (χ0v) is 9.70.